The number of nitrogens with zero attached hydrogens (tertiary/aromatic N) is 3. The van der Waals surface area contributed by atoms with E-state index < -0.39 is 0 Å². The minimum absolute atomic E-state index is 0.720. The standard InChI is InChI=1S/C16H28N4O/c1-14(2)5-12-21-13-11-19-7-9-20(10-8-19)16-15(17)4-3-6-18-16/h3-4,6,14H,5,7-13,17H2,1-2H3. The van der Waals surface area contributed by atoms with Crippen molar-refractivity contribution < 1.29 is 4.74 Å². The highest BCUT2D eigenvalue weighted by Gasteiger charge is 2.18. The zero-order valence-electron chi connectivity index (χ0n) is 13.3. The number of hydrogen-bond donors (Lipinski definition) is 1. The van der Waals surface area contributed by atoms with Gasteiger partial charge in [-0.1, -0.05) is 13.8 Å². The van der Waals surface area contributed by atoms with Crippen LogP contribution in [0.4, 0.5) is 11.5 Å². The van der Waals surface area contributed by atoms with Crippen molar-refractivity contribution >= 4 is 11.5 Å². The van der Waals surface area contributed by atoms with E-state index in [9.17, 15) is 0 Å². The molecule has 0 saturated carbocycles. The van der Waals surface area contributed by atoms with Gasteiger partial charge >= 0.3 is 0 Å². The molecule has 1 aromatic heterocycles. The molecular weight excluding hydrogens is 264 g/mol. The Morgan fingerprint density at radius 2 is 2.00 bits per heavy atom. The Bertz CT molecular complexity index is 416. The summed E-state index contributed by atoms with van der Waals surface area (Å²) in [5.74, 6) is 1.64. The average Bonchev–Trinajstić information content (AvgIpc) is 2.48. The molecule has 1 aliphatic heterocycles. The molecule has 0 amide bonds. The second kappa shape index (κ2) is 8.20. The topological polar surface area (TPSA) is 54.6 Å². The quantitative estimate of drug-likeness (QED) is 0.777. The third-order valence-corrected chi connectivity index (χ3v) is 3.88. The predicted octanol–water partition coefficient (Wildman–Crippen LogP) is 1.85. The molecule has 0 aromatic carbocycles. The summed E-state index contributed by atoms with van der Waals surface area (Å²) in [6.45, 7) is 11.2. The molecule has 118 valence electrons. The number of ether oxygens (including phenoxy) is 1. The highest BCUT2D eigenvalue weighted by atomic mass is 16.5. The van der Waals surface area contributed by atoms with Gasteiger partial charge in [-0.25, -0.2) is 4.98 Å². The lowest BCUT2D eigenvalue weighted by atomic mass is 10.1. The summed E-state index contributed by atoms with van der Waals surface area (Å²) in [5.41, 5.74) is 6.75. The van der Waals surface area contributed by atoms with E-state index in [2.05, 4.69) is 28.6 Å². The second-order valence-electron chi connectivity index (χ2n) is 6.04. The molecule has 1 saturated heterocycles. The van der Waals surface area contributed by atoms with E-state index in [0.29, 0.717) is 0 Å². The minimum Gasteiger partial charge on any atom is -0.396 e. The van der Waals surface area contributed by atoms with Gasteiger partial charge in [0.05, 0.1) is 12.3 Å². The zero-order valence-corrected chi connectivity index (χ0v) is 13.3. The first kappa shape index (κ1) is 16.0. The molecule has 5 heteroatoms. The number of rotatable bonds is 7. The maximum absolute atomic E-state index is 5.99. The lowest BCUT2D eigenvalue weighted by molar-refractivity contribution is 0.0941. The van der Waals surface area contributed by atoms with Gasteiger partial charge in [-0.15, -0.1) is 0 Å². The summed E-state index contributed by atoms with van der Waals surface area (Å²) in [5, 5.41) is 0. The van der Waals surface area contributed by atoms with E-state index in [0.717, 1.165) is 69.8 Å². The fraction of sp³-hybridized carbons (Fsp3) is 0.688. The number of nitrogen functional groups attached to an aromatic ring is 1. The van der Waals surface area contributed by atoms with Gasteiger partial charge in [0.25, 0.3) is 0 Å². The minimum atomic E-state index is 0.720. The van der Waals surface area contributed by atoms with Gasteiger partial charge in [0.2, 0.25) is 0 Å². The van der Waals surface area contributed by atoms with Gasteiger partial charge in [0.15, 0.2) is 5.82 Å². The van der Waals surface area contributed by atoms with Crippen LogP contribution in [-0.4, -0.2) is 55.8 Å². The lowest BCUT2D eigenvalue weighted by Crippen LogP contribution is -2.47. The Balaban J connectivity index is 1.66. The molecule has 2 N–H and O–H groups in total. The molecule has 1 aromatic rings. The van der Waals surface area contributed by atoms with Crippen molar-refractivity contribution in [2.75, 3.05) is 56.6 Å². The van der Waals surface area contributed by atoms with E-state index in [1.807, 2.05) is 12.1 Å². The Labute approximate surface area is 128 Å². The van der Waals surface area contributed by atoms with E-state index in [1.54, 1.807) is 6.20 Å². The summed E-state index contributed by atoms with van der Waals surface area (Å²) in [7, 11) is 0. The molecule has 1 fully saturated rings. The van der Waals surface area contributed by atoms with Crippen LogP contribution in [0.5, 0.6) is 0 Å². The van der Waals surface area contributed by atoms with Crippen LogP contribution in [0.15, 0.2) is 18.3 Å². The van der Waals surface area contributed by atoms with Crippen molar-refractivity contribution in [1.29, 1.82) is 0 Å². The second-order valence-corrected chi connectivity index (χ2v) is 6.04. The van der Waals surface area contributed by atoms with Crippen LogP contribution in [0.2, 0.25) is 0 Å². The van der Waals surface area contributed by atoms with Gasteiger partial charge in [-0.2, -0.15) is 0 Å². The van der Waals surface area contributed by atoms with Crippen LogP contribution >= 0.6 is 0 Å². The van der Waals surface area contributed by atoms with Gasteiger partial charge in [-0.3, -0.25) is 4.90 Å². The molecule has 0 spiro atoms. The summed E-state index contributed by atoms with van der Waals surface area (Å²) >= 11 is 0. The van der Waals surface area contributed by atoms with Gasteiger partial charge in [0, 0.05) is 45.5 Å². The van der Waals surface area contributed by atoms with Crippen LogP contribution in [0.3, 0.4) is 0 Å². The third-order valence-electron chi connectivity index (χ3n) is 3.88. The molecule has 5 nitrogen and oxygen atoms in total. The fourth-order valence-corrected chi connectivity index (χ4v) is 2.47. The summed E-state index contributed by atoms with van der Waals surface area (Å²) in [4.78, 5) is 9.11. The van der Waals surface area contributed by atoms with Crippen molar-refractivity contribution in [3.05, 3.63) is 18.3 Å². The van der Waals surface area contributed by atoms with Crippen molar-refractivity contribution in [1.82, 2.24) is 9.88 Å². The average molecular weight is 292 g/mol. The maximum Gasteiger partial charge on any atom is 0.151 e. The molecule has 1 aliphatic rings. The Morgan fingerprint density at radius 1 is 1.24 bits per heavy atom. The molecular formula is C16H28N4O. The highest BCUT2D eigenvalue weighted by molar-refractivity contribution is 5.62. The van der Waals surface area contributed by atoms with E-state index in [-0.39, 0.29) is 0 Å². The van der Waals surface area contributed by atoms with Crippen molar-refractivity contribution in [3.8, 4) is 0 Å². The number of anilines is 2. The molecule has 0 aliphatic carbocycles. The van der Waals surface area contributed by atoms with E-state index in [4.69, 9.17) is 10.5 Å². The zero-order chi connectivity index (χ0) is 15.1. The number of hydrogen-bond acceptors (Lipinski definition) is 5. The normalized spacial score (nSPS) is 16.6. The first-order chi connectivity index (χ1) is 10.2. The first-order valence-corrected chi connectivity index (χ1v) is 7.92. The number of aromatic nitrogens is 1. The Kier molecular flexibility index (Phi) is 6.26. The van der Waals surface area contributed by atoms with Crippen LogP contribution in [0.25, 0.3) is 0 Å². The fourth-order valence-electron chi connectivity index (χ4n) is 2.47. The van der Waals surface area contributed by atoms with Crippen LogP contribution < -0.4 is 10.6 Å². The Hall–Kier alpha value is -1.33. The van der Waals surface area contributed by atoms with E-state index >= 15 is 0 Å². The van der Waals surface area contributed by atoms with Crippen LogP contribution in [-0.2, 0) is 4.74 Å². The maximum atomic E-state index is 5.99. The monoisotopic (exact) mass is 292 g/mol. The lowest BCUT2D eigenvalue weighted by Gasteiger charge is -2.35. The predicted molar refractivity (Wildman–Crippen MR) is 87.6 cm³/mol. The number of nitrogens with two attached hydrogens (primary N) is 1. The molecule has 0 radical (unpaired) electrons. The summed E-state index contributed by atoms with van der Waals surface area (Å²) in [6.07, 6.45) is 2.95. The Morgan fingerprint density at radius 3 is 2.67 bits per heavy atom. The number of pyridine rings is 1. The van der Waals surface area contributed by atoms with Crippen molar-refractivity contribution in [2.24, 2.45) is 5.92 Å². The summed E-state index contributed by atoms with van der Waals surface area (Å²) < 4.78 is 5.69. The van der Waals surface area contributed by atoms with Gasteiger partial charge in [-0.05, 0) is 24.5 Å². The van der Waals surface area contributed by atoms with Gasteiger partial charge in [0.1, 0.15) is 0 Å². The van der Waals surface area contributed by atoms with Crippen molar-refractivity contribution in [2.45, 2.75) is 20.3 Å². The largest absolute Gasteiger partial charge is 0.396 e. The van der Waals surface area contributed by atoms with Crippen LogP contribution in [0, 0.1) is 5.92 Å². The van der Waals surface area contributed by atoms with E-state index in [1.165, 1.54) is 0 Å². The molecule has 21 heavy (non-hydrogen) atoms. The smallest absolute Gasteiger partial charge is 0.151 e. The third kappa shape index (κ3) is 5.17. The SMILES string of the molecule is CC(C)CCOCCN1CCN(c2ncccc2N)CC1. The first-order valence-electron chi connectivity index (χ1n) is 7.92. The summed E-state index contributed by atoms with van der Waals surface area (Å²) in [6, 6.07) is 3.79. The molecule has 2 heterocycles. The number of piperazine rings is 1. The molecule has 0 bridgehead atoms. The van der Waals surface area contributed by atoms with Gasteiger partial charge < -0.3 is 15.4 Å². The van der Waals surface area contributed by atoms with Crippen molar-refractivity contribution in [3.63, 3.8) is 0 Å². The molecule has 2 rings (SSSR count). The molecule has 0 atom stereocenters. The highest BCUT2D eigenvalue weighted by Crippen LogP contribution is 2.20. The van der Waals surface area contributed by atoms with Crippen LogP contribution in [0.1, 0.15) is 20.3 Å². The molecule has 0 unspecified atom stereocenters.